The van der Waals surface area contributed by atoms with Crippen molar-refractivity contribution in [3.8, 4) is 12.3 Å². The standard InChI is InChI=1S/C13H14N2O3/c1-2-3-9-14-13(18)15-11(12(16)17)10-7-5-4-6-8-10/h1,4-8,11H,3,9H2,(H,16,17)(H2,14,15,18)/t11-/m1/s1. The van der Waals surface area contributed by atoms with Crippen LogP contribution in [-0.4, -0.2) is 23.7 Å². The van der Waals surface area contributed by atoms with E-state index < -0.39 is 18.0 Å². The van der Waals surface area contributed by atoms with Gasteiger partial charge >= 0.3 is 12.0 Å². The number of carbonyl (C=O) groups excluding carboxylic acids is 1. The predicted molar refractivity (Wildman–Crippen MR) is 66.8 cm³/mol. The van der Waals surface area contributed by atoms with Gasteiger partial charge in [-0.1, -0.05) is 30.3 Å². The van der Waals surface area contributed by atoms with Crippen molar-refractivity contribution >= 4 is 12.0 Å². The van der Waals surface area contributed by atoms with Crippen molar-refractivity contribution < 1.29 is 14.7 Å². The summed E-state index contributed by atoms with van der Waals surface area (Å²) >= 11 is 0. The first-order valence-corrected chi connectivity index (χ1v) is 5.40. The topological polar surface area (TPSA) is 78.4 Å². The van der Waals surface area contributed by atoms with Gasteiger partial charge in [0.1, 0.15) is 0 Å². The largest absolute Gasteiger partial charge is 0.479 e. The van der Waals surface area contributed by atoms with Crippen LogP contribution in [-0.2, 0) is 4.79 Å². The number of rotatable bonds is 5. The molecule has 0 aliphatic rings. The zero-order valence-corrected chi connectivity index (χ0v) is 9.72. The van der Waals surface area contributed by atoms with Gasteiger partial charge in [0.25, 0.3) is 0 Å². The highest BCUT2D eigenvalue weighted by atomic mass is 16.4. The molecule has 94 valence electrons. The third-order valence-electron chi connectivity index (χ3n) is 2.21. The molecule has 1 aromatic rings. The quantitative estimate of drug-likeness (QED) is 0.538. The van der Waals surface area contributed by atoms with Gasteiger partial charge in [-0.05, 0) is 5.56 Å². The molecule has 1 atom stereocenters. The van der Waals surface area contributed by atoms with Gasteiger partial charge in [0, 0.05) is 13.0 Å². The van der Waals surface area contributed by atoms with E-state index in [1.165, 1.54) is 0 Å². The lowest BCUT2D eigenvalue weighted by molar-refractivity contribution is -0.139. The Morgan fingerprint density at radius 1 is 1.33 bits per heavy atom. The Bertz CT molecular complexity index is 451. The number of hydrogen-bond acceptors (Lipinski definition) is 2. The molecule has 1 rings (SSSR count). The molecule has 0 radical (unpaired) electrons. The zero-order valence-electron chi connectivity index (χ0n) is 9.72. The molecule has 0 aliphatic carbocycles. The fraction of sp³-hybridized carbons (Fsp3) is 0.231. The van der Waals surface area contributed by atoms with Crippen LogP contribution < -0.4 is 10.6 Å². The molecule has 1 aromatic carbocycles. The Balaban J connectivity index is 2.63. The molecular weight excluding hydrogens is 232 g/mol. The minimum atomic E-state index is -1.12. The van der Waals surface area contributed by atoms with E-state index >= 15 is 0 Å². The van der Waals surface area contributed by atoms with E-state index in [4.69, 9.17) is 11.5 Å². The fourth-order valence-corrected chi connectivity index (χ4v) is 1.36. The lowest BCUT2D eigenvalue weighted by Crippen LogP contribution is -2.41. The van der Waals surface area contributed by atoms with Crippen LogP contribution in [0.4, 0.5) is 4.79 Å². The Morgan fingerprint density at radius 2 is 2.00 bits per heavy atom. The smallest absolute Gasteiger partial charge is 0.330 e. The first kappa shape index (κ1) is 13.6. The first-order valence-electron chi connectivity index (χ1n) is 5.40. The van der Waals surface area contributed by atoms with Crippen LogP contribution >= 0.6 is 0 Å². The van der Waals surface area contributed by atoms with Gasteiger partial charge in [0.05, 0.1) is 0 Å². The Morgan fingerprint density at radius 3 is 2.56 bits per heavy atom. The number of carboxylic acids is 1. The van der Waals surface area contributed by atoms with Crippen LogP contribution in [0.1, 0.15) is 18.0 Å². The molecule has 0 saturated heterocycles. The molecule has 5 nitrogen and oxygen atoms in total. The summed E-state index contributed by atoms with van der Waals surface area (Å²) in [6, 6.07) is 6.85. The van der Waals surface area contributed by atoms with E-state index in [2.05, 4.69) is 16.6 Å². The van der Waals surface area contributed by atoms with Gasteiger partial charge in [0.2, 0.25) is 0 Å². The van der Waals surface area contributed by atoms with Crippen molar-refractivity contribution in [1.82, 2.24) is 10.6 Å². The third-order valence-corrected chi connectivity index (χ3v) is 2.21. The molecule has 0 spiro atoms. The third kappa shape index (κ3) is 4.18. The van der Waals surface area contributed by atoms with Crippen LogP contribution in [0.25, 0.3) is 0 Å². The SMILES string of the molecule is C#CCCNC(=O)N[C@@H](C(=O)O)c1ccccc1. The van der Waals surface area contributed by atoms with Crippen molar-refractivity contribution in [2.45, 2.75) is 12.5 Å². The number of urea groups is 1. The molecule has 0 saturated carbocycles. The summed E-state index contributed by atoms with van der Waals surface area (Å²) in [6.07, 6.45) is 5.44. The van der Waals surface area contributed by atoms with Gasteiger partial charge in [-0.2, -0.15) is 0 Å². The highest BCUT2D eigenvalue weighted by molar-refractivity contribution is 5.83. The van der Waals surface area contributed by atoms with Crippen LogP contribution in [0.5, 0.6) is 0 Å². The average molecular weight is 246 g/mol. The number of hydrogen-bond donors (Lipinski definition) is 3. The van der Waals surface area contributed by atoms with Crippen molar-refractivity contribution in [1.29, 1.82) is 0 Å². The van der Waals surface area contributed by atoms with Crippen LogP contribution in [0.15, 0.2) is 30.3 Å². The Kier molecular flexibility index (Phi) is 5.26. The van der Waals surface area contributed by atoms with E-state index in [0.717, 1.165) is 0 Å². The summed E-state index contributed by atoms with van der Waals surface area (Å²) < 4.78 is 0. The van der Waals surface area contributed by atoms with Crippen molar-refractivity contribution in [3.63, 3.8) is 0 Å². The molecule has 0 unspecified atom stereocenters. The Hall–Kier alpha value is -2.48. The molecule has 0 aromatic heterocycles. The number of aliphatic carboxylic acids is 1. The second-order valence-corrected chi connectivity index (χ2v) is 3.54. The lowest BCUT2D eigenvalue weighted by Gasteiger charge is -2.15. The summed E-state index contributed by atoms with van der Waals surface area (Å²) in [5.74, 6) is 1.25. The highest BCUT2D eigenvalue weighted by Gasteiger charge is 2.21. The maximum atomic E-state index is 11.5. The van der Waals surface area contributed by atoms with Gasteiger partial charge in [-0.15, -0.1) is 12.3 Å². The number of benzene rings is 1. The van der Waals surface area contributed by atoms with E-state index in [1.807, 2.05) is 0 Å². The van der Waals surface area contributed by atoms with E-state index in [9.17, 15) is 9.59 Å². The number of terminal acetylenes is 1. The van der Waals surface area contributed by atoms with E-state index in [-0.39, 0.29) is 0 Å². The zero-order chi connectivity index (χ0) is 13.4. The average Bonchev–Trinajstić information content (AvgIpc) is 2.37. The molecule has 18 heavy (non-hydrogen) atoms. The van der Waals surface area contributed by atoms with Crippen molar-refractivity contribution in [2.24, 2.45) is 0 Å². The van der Waals surface area contributed by atoms with Gasteiger partial charge in [-0.3, -0.25) is 0 Å². The second kappa shape index (κ2) is 6.97. The maximum Gasteiger partial charge on any atom is 0.330 e. The highest BCUT2D eigenvalue weighted by Crippen LogP contribution is 2.12. The molecule has 0 heterocycles. The van der Waals surface area contributed by atoms with Gasteiger partial charge < -0.3 is 15.7 Å². The van der Waals surface area contributed by atoms with Gasteiger partial charge in [-0.25, -0.2) is 9.59 Å². The normalized spacial score (nSPS) is 11.1. The summed E-state index contributed by atoms with van der Waals surface area (Å²) in [6.45, 7) is 0.309. The van der Waals surface area contributed by atoms with Gasteiger partial charge in [0.15, 0.2) is 6.04 Å². The molecule has 0 fully saturated rings. The summed E-state index contributed by atoms with van der Waals surface area (Å²) in [5, 5.41) is 13.9. The molecule has 2 amide bonds. The second-order valence-electron chi connectivity index (χ2n) is 3.54. The van der Waals surface area contributed by atoms with Crippen molar-refractivity contribution in [2.75, 3.05) is 6.54 Å². The van der Waals surface area contributed by atoms with E-state index in [0.29, 0.717) is 18.5 Å². The molecule has 0 bridgehead atoms. The number of amides is 2. The number of carbonyl (C=O) groups is 2. The maximum absolute atomic E-state index is 11.5. The number of carboxylic acid groups (broad SMARTS) is 1. The summed E-state index contributed by atoms with van der Waals surface area (Å²) in [4.78, 5) is 22.5. The van der Waals surface area contributed by atoms with E-state index in [1.54, 1.807) is 30.3 Å². The van der Waals surface area contributed by atoms with Crippen LogP contribution in [0.3, 0.4) is 0 Å². The summed E-state index contributed by atoms with van der Waals surface area (Å²) in [7, 11) is 0. The number of nitrogens with one attached hydrogen (secondary N) is 2. The molecule has 0 aliphatic heterocycles. The monoisotopic (exact) mass is 246 g/mol. The fourth-order valence-electron chi connectivity index (χ4n) is 1.36. The Labute approximate surface area is 105 Å². The van der Waals surface area contributed by atoms with Crippen LogP contribution in [0, 0.1) is 12.3 Å². The molecular formula is C13H14N2O3. The lowest BCUT2D eigenvalue weighted by atomic mass is 10.1. The minimum absolute atomic E-state index is 0.309. The predicted octanol–water partition coefficient (Wildman–Crippen LogP) is 1.13. The van der Waals surface area contributed by atoms with Crippen molar-refractivity contribution in [3.05, 3.63) is 35.9 Å². The molecule has 3 N–H and O–H groups in total. The minimum Gasteiger partial charge on any atom is -0.479 e. The first-order chi connectivity index (χ1) is 8.65. The van der Waals surface area contributed by atoms with Crippen LogP contribution in [0.2, 0.25) is 0 Å². The molecule has 5 heteroatoms. The summed E-state index contributed by atoms with van der Waals surface area (Å²) in [5.41, 5.74) is 0.511.